The van der Waals surface area contributed by atoms with E-state index in [9.17, 15) is 4.79 Å². The molecule has 0 spiro atoms. The summed E-state index contributed by atoms with van der Waals surface area (Å²) in [7, 11) is 0. The summed E-state index contributed by atoms with van der Waals surface area (Å²) in [4.78, 5) is 12.8. The molecule has 14 heavy (non-hydrogen) atoms. The Morgan fingerprint density at radius 1 is 1.79 bits per heavy atom. The lowest BCUT2D eigenvalue weighted by Gasteiger charge is -2.36. The lowest BCUT2D eigenvalue weighted by atomic mass is 10.00. The van der Waals surface area contributed by atoms with Crippen LogP contribution >= 0.6 is 15.9 Å². The van der Waals surface area contributed by atoms with Gasteiger partial charge < -0.3 is 10.3 Å². The highest BCUT2D eigenvalue weighted by Crippen LogP contribution is 2.19. The van der Waals surface area contributed by atoms with Crippen molar-refractivity contribution < 1.29 is 9.32 Å². The number of hydrogen-bond donors (Lipinski definition) is 1. The van der Waals surface area contributed by atoms with Gasteiger partial charge in [0.2, 0.25) is 5.91 Å². The molecule has 0 aliphatic carbocycles. The summed E-state index contributed by atoms with van der Waals surface area (Å²) in [6.07, 6.45) is 0. The van der Waals surface area contributed by atoms with Gasteiger partial charge in [-0.1, -0.05) is 5.16 Å². The molecule has 0 unspecified atom stereocenters. The second kappa shape index (κ2) is 3.70. The maximum Gasteiger partial charge on any atom is 0.223 e. The third-order valence-corrected chi connectivity index (χ3v) is 2.64. The summed E-state index contributed by atoms with van der Waals surface area (Å²) < 4.78 is 5.71. The van der Waals surface area contributed by atoms with E-state index in [-0.39, 0.29) is 11.8 Å². The normalized spacial score (nSPS) is 18.1. The summed E-state index contributed by atoms with van der Waals surface area (Å²) >= 11 is 3.20. The van der Waals surface area contributed by atoms with E-state index in [1.54, 1.807) is 0 Å². The van der Waals surface area contributed by atoms with Gasteiger partial charge in [0.15, 0.2) is 5.76 Å². The first-order valence-electron chi connectivity index (χ1n) is 4.28. The molecule has 2 rings (SSSR count). The zero-order chi connectivity index (χ0) is 10.1. The van der Waals surface area contributed by atoms with Crippen molar-refractivity contribution >= 4 is 21.8 Å². The fourth-order valence-corrected chi connectivity index (χ4v) is 1.79. The Bertz CT molecular complexity index is 346. The molecule has 0 saturated carbocycles. The van der Waals surface area contributed by atoms with Crippen LogP contribution in [0.4, 0.5) is 0 Å². The Labute approximate surface area is 89.3 Å². The van der Waals surface area contributed by atoms with Crippen molar-refractivity contribution in [3.05, 3.63) is 16.4 Å². The Morgan fingerprint density at radius 3 is 3.00 bits per heavy atom. The van der Waals surface area contributed by atoms with E-state index in [1.807, 2.05) is 6.07 Å². The van der Waals surface area contributed by atoms with Gasteiger partial charge in [0.25, 0.3) is 0 Å². The SMILES string of the molecule is NC(=O)C1CN(Cc2cc(Br)no2)C1. The first-order chi connectivity index (χ1) is 6.65. The van der Waals surface area contributed by atoms with Crippen LogP contribution in [0, 0.1) is 5.92 Å². The van der Waals surface area contributed by atoms with Gasteiger partial charge in [-0.2, -0.15) is 0 Å². The first kappa shape index (κ1) is 9.67. The number of amides is 1. The highest BCUT2D eigenvalue weighted by atomic mass is 79.9. The number of nitrogens with two attached hydrogens (primary N) is 1. The summed E-state index contributed by atoms with van der Waals surface area (Å²) in [5.41, 5.74) is 5.15. The lowest BCUT2D eigenvalue weighted by molar-refractivity contribution is -0.127. The monoisotopic (exact) mass is 259 g/mol. The second-order valence-corrected chi connectivity index (χ2v) is 4.22. The van der Waals surface area contributed by atoms with E-state index in [1.165, 1.54) is 0 Å². The molecule has 1 amide bonds. The Hall–Kier alpha value is -0.880. The van der Waals surface area contributed by atoms with E-state index in [0.29, 0.717) is 24.2 Å². The van der Waals surface area contributed by atoms with Gasteiger partial charge >= 0.3 is 0 Å². The van der Waals surface area contributed by atoms with Crippen LogP contribution in [0.2, 0.25) is 0 Å². The summed E-state index contributed by atoms with van der Waals surface area (Å²) in [5, 5.41) is 3.71. The van der Waals surface area contributed by atoms with Gasteiger partial charge in [-0.15, -0.1) is 0 Å². The number of nitrogens with zero attached hydrogens (tertiary/aromatic N) is 2. The average molecular weight is 260 g/mol. The fraction of sp³-hybridized carbons (Fsp3) is 0.500. The van der Waals surface area contributed by atoms with Gasteiger partial charge in [-0.25, -0.2) is 0 Å². The minimum absolute atomic E-state index is 0.00126. The topological polar surface area (TPSA) is 72.4 Å². The Morgan fingerprint density at radius 2 is 2.50 bits per heavy atom. The maximum absolute atomic E-state index is 10.7. The van der Waals surface area contributed by atoms with Crippen molar-refractivity contribution in [3.8, 4) is 0 Å². The highest BCUT2D eigenvalue weighted by molar-refractivity contribution is 9.10. The predicted molar refractivity (Wildman–Crippen MR) is 52.2 cm³/mol. The van der Waals surface area contributed by atoms with Crippen molar-refractivity contribution in [2.75, 3.05) is 13.1 Å². The second-order valence-electron chi connectivity index (χ2n) is 3.41. The number of aromatic nitrogens is 1. The van der Waals surface area contributed by atoms with E-state index >= 15 is 0 Å². The molecule has 0 bridgehead atoms. The van der Waals surface area contributed by atoms with Crippen LogP contribution in [-0.2, 0) is 11.3 Å². The zero-order valence-corrected chi connectivity index (χ0v) is 9.03. The minimum Gasteiger partial charge on any atom is -0.369 e. The number of rotatable bonds is 3. The van der Waals surface area contributed by atoms with Crippen LogP contribution in [0.25, 0.3) is 0 Å². The molecule has 5 nitrogen and oxygen atoms in total. The molecular weight excluding hydrogens is 250 g/mol. The molecule has 1 aliphatic rings. The van der Waals surface area contributed by atoms with Crippen LogP contribution in [-0.4, -0.2) is 29.1 Å². The molecule has 1 fully saturated rings. The molecular formula is C8H10BrN3O2. The number of carbonyl (C=O) groups excluding carboxylic acids is 1. The Kier molecular flexibility index (Phi) is 2.56. The molecule has 1 saturated heterocycles. The van der Waals surface area contributed by atoms with Crippen LogP contribution in [0.5, 0.6) is 0 Å². The third kappa shape index (κ3) is 1.96. The van der Waals surface area contributed by atoms with Gasteiger partial charge in [-0.05, 0) is 15.9 Å². The molecule has 2 N–H and O–H groups in total. The summed E-state index contributed by atoms with van der Waals surface area (Å²) in [6, 6.07) is 1.82. The largest absolute Gasteiger partial charge is 0.369 e. The van der Waals surface area contributed by atoms with Crippen LogP contribution in [0.15, 0.2) is 15.2 Å². The van der Waals surface area contributed by atoms with Crippen molar-refractivity contribution in [2.45, 2.75) is 6.54 Å². The van der Waals surface area contributed by atoms with Crippen LogP contribution in [0.3, 0.4) is 0 Å². The molecule has 1 aliphatic heterocycles. The van der Waals surface area contributed by atoms with Gasteiger partial charge in [0.05, 0.1) is 12.5 Å². The fourth-order valence-electron chi connectivity index (χ4n) is 1.46. The van der Waals surface area contributed by atoms with Gasteiger partial charge in [-0.3, -0.25) is 9.69 Å². The molecule has 0 atom stereocenters. The van der Waals surface area contributed by atoms with Crippen molar-refractivity contribution in [2.24, 2.45) is 11.7 Å². The lowest BCUT2D eigenvalue weighted by Crippen LogP contribution is -2.51. The quantitative estimate of drug-likeness (QED) is 0.851. The van der Waals surface area contributed by atoms with Gasteiger partial charge in [0, 0.05) is 19.2 Å². The molecule has 6 heteroatoms. The summed E-state index contributed by atoms with van der Waals surface area (Å²) in [5.74, 6) is 0.571. The number of primary amides is 1. The molecule has 76 valence electrons. The molecule has 0 radical (unpaired) electrons. The minimum atomic E-state index is -0.222. The first-order valence-corrected chi connectivity index (χ1v) is 5.07. The van der Waals surface area contributed by atoms with Crippen LogP contribution in [0.1, 0.15) is 5.76 Å². The standard InChI is InChI=1S/C8H10BrN3O2/c9-7-1-6(14-11-7)4-12-2-5(3-12)8(10)13/h1,5H,2-4H2,(H2,10,13). The molecule has 0 aromatic carbocycles. The van der Waals surface area contributed by atoms with E-state index in [0.717, 1.165) is 5.76 Å². The molecule has 1 aromatic rings. The Balaban J connectivity index is 1.82. The van der Waals surface area contributed by atoms with E-state index in [2.05, 4.69) is 26.0 Å². The van der Waals surface area contributed by atoms with Crippen LogP contribution < -0.4 is 5.73 Å². The van der Waals surface area contributed by atoms with E-state index in [4.69, 9.17) is 10.3 Å². The molecule has 2 heterocycles. The maximum atomic E-state index is 10.7. The number of likely N-dealkylation sites (tertiary alicyclic amines) is 1. The smallest absolute Gasteiger partial charge is 0.223 e. The van der Waals surface area contributed by atoms with Gasteiger partial charge in [0.1, 0.15) is 4.60 Å². The number of carbonyl (C=O) groups is 1. The van der Waals surface area contributed by atoms with Crippen molar-refractivity contribution in [3.63, 3.8) is 0 Å². The highest BCUT2D eigenvalue weighted by Gasteiger charge is 2.31. The third-order valence-electron chi connectivity index (χ3n) is 2.27. The van der Waals surface area contributed by atoms with Crippen molar-refractivity contribution in [1.29, 1.82) is 0 Å². The average Bonchev–Trinajstić information content (AvgIpc) is 2.42. The summed E-state index contributed by atoms with van der Waals surface area (Å²) in [6.45, 7) is 2.11. The zero-order valence-electron chi connectivity index (χ0n) is 7.44. The predicted octanol–water partition coefficient (Wildman–Crippen LogP) is 0.354. The van der Waals surface area contributed by atoms with E-state index < -0.39 is 0 Å². The number of halogens is 1. The van der Waals surface area contributed by atoms with Crippen molar-refractivity contribution in [1.82, 2.24) is 10.1 Å². The molecule has 1 aromatic heterocycles. The number of hydrogen-bond acceptors (Lipinski definition) is 4.